The molecule has 2 atom stereocenters. The van der Waals surface area contributed by atoms with Gasteiger partial charge in [-0.1, -0.05) is 13.3 Å². The van der Waals surface area contributed by atoms with Crippen LogP contribution >= 0.6 is 11.8 Å². The van der Waals surface area contributed by atoms with Gasteiger partial charge in [0.15, 0.2) is 0 Å². The van der Waals surface area contributed by atoms with E-state index in [2.05, 4.69) is 18.3 Å². The molecule has 0 saturated heterocycles. The number of nitrogens with zero attached hydrogens (tertiary/aromatic N) is 1. The van der Waals surface area contributed by atoms with Crippen LogP contribution in [0.3, 0.4) is 0 Å². The van der Waals surface area contributed by atoms with Gasteiger partial charge in [0, 0.05) is 0 Å². The Labute approximate surface area is 119 Å². The molecular formula is C15H22N2OS. The number of hydrogen-bond acceptors (Lipinski definition) is 4. The van der Waals surface area contributed by atoms with E-state index in [-0.39, 0.29) is 5.54 Å². The fourth-order valence-corrected chi connectivity index (χ4v) is 3.96. The molecule has 1 aromatic heterocycles. The van der Waals surface area contributed by atoms with E-state index in [1.807, 2.05) is 23.9 Å². The minimum Gasteiger partial charge on any atom is -0.468 e. The second-order valence-electron chi connectivity index (χ2n) is 5.12. The summed E-state index contributed by atoms with van der Waals surface area (Å²) < 4.78 is 5.32. The Hall–Kier alpha value is -0.920. The molecule has 1 aliphatic rings. The molecule has 0 aliphatic heterocycles. The van der Waals surface area contributed by atoms with Gasteiger partial charge in [0.2, 0.25) is 0 Å². The summed E-state index contributed by atoms with van der Waals surface area (Å²) in [6, 6.07) is 6.49. The van der Waals surface area contributed by atoms with E-state index >= 15 is 0 Å². The van der Waals surface area contributed by atoms with Crippen LogP contribution in [0.4, 0.5) is 0 Å². The van der Waals surface area contributed by atoms with Crippen LogP contribution in [0.2, 0.25) is 0 Å². The Morgan fingerprint density at radius 1 is 1.63 bits per heavy atom. The molecule has 3 nitrogen and oxygen atoms in total. The van der Waals surface area contributed by atoms with Gasteiger partial charge < -0.3 is 4.42 Å². The first-order chi connectivity index (χ1) is 9.30. The smallest absolute Gasteiger partial charge is 0.113 e. The Bertz CT molecular complexity index is 412. The Morgan fingerprint density at radius 3 is 3.21 bits per heavy atom. The van der Waals surface area contributed by atoms with Crippen molar-refractivity contribution in [1.29, 1.82) is 5.26 Å². The van der Waals surface area contributed by atoms with Gasteiger partial charge in [-0.2, -0.15) is 17.0 Å². The van der Waals surface area contributed by atoms with E-state index < -0.39 is 0 Å². The second-order valence-corrected chi connectivity index (χ2v) is 6.23. The maximum atomic E-state index is 9.49. The molecule has 1 fully saturated rings. The summed E-state index contributed by atoms with van der Waals surface area (Å²) >= 11 is 1.90. The molecule has 0 spiro atoms. The van der Waals surface area contributed by atoms with Gasteiger partial charge in [0.25, 0.3) is 0 Å². The van der Waals surface area contributed by atoms with Gasteiger partial charge in [-0.05, 0) is 49.6 Å². The molecule has 0 aromatic carbocycles. The highest BCUT2D eigenvalue weighted by molar-refractivity contribution is 7.98. The monoisotopic (exact) mass is 278 g/mol. The zero-order chi connectivity index (χ0) is 13.6. The molecule has 0 bridgehead atoms. The van der Waals surface area contributed by atoms with Crippen LogP contribution in [-0.4, -0.2) is 17.8 Å². The Morgan fingerprint density at radius 2 is 2.53 bits per heavy atom. The van der Waals surface area contributed by atoms with Crippen molar-refractivity contribution >= 4 is 11.8 Å². The van der Waals surface area contributed by atoms with Gasteiger partial charge in [0.1, 0.15) is 11.3 Å². The lowest BCUT2D eigenvalue weighted by atomic mass is 9.86. The molecule has 1 saturated carbocycles. The van der Waals surface area contributed by atoms with Crippen LogP contribution in [0.5, 0.6) is 0 Å². The average Bonchev–Trinajstić information content (AvgIpc) is 3.05. The summed E-state index contributed by atoms with van der Waals surface area (Å²) in [4.78, 5) is 0. The van der Waals surface area contributed by atoms with Crippen molar-refractivity contribution in [1.82, 2.24) is 5.32 Å². The molecular weight excluding hydrogens is 256 g/mol. The predicted octanol–water partition coefficient (Wildman–Crippen LogP) is 3.57. The topological polar surface area (TPSA) is 49.0 Å². The highest BCUT2D eigenvalue weighted by atomic mass is 32.2. The number of thioether (sulfide) groups is 1. The molecule has 0 amide bonds. The third-order valence-electron chi connectivity index (χ3n) is 3.95. The minimum absolute atomic E-state index is 0.264. The summed E-state index contributed by atoms with van der Waals surface area (Å²) in [5, 5.41) is 12.9. The van der Waals surface area contributed by atoms with Gasteiger partial charge in [-0.25, -0.2) is 0 Å². The molecule has 1 N–H and O–H groups in total. The largest absolute Gasteiger partial charge is 0.468 e. The fourth-order valence-electron chi connectivity index (χ4n) is 3.00. The standard InChI is InChI=1S/C15H22N2OS/c1-2-17-15(12-16)8-3-5-13(15)7-10-19-11-14-6-4-9-18-14/h4,6,9,13,17H,2-3,5,7-8,10-11H2,1H3. The quantitative estimate of drug-likeness (QED) is 0.775. The van der Waals surface area contributed by atoms with Gasteiger partial charge >= 0.3 is 0 Å². The highest BCUT2D eigenvalue weighted by Gasteiger charge is 2.41. The number of hydrogen-bond donors (Lipinski definition) is 1. The van der Waals surface area contributed by atoms with E-state index in [4.69, 9.17) is 4.42 Å². The summed E-state index contributed by atoms with van der Waals surface area (Å²) in [6.45, 7) is 2.96. The third kappa shape index (κ3) is 3.55. The van der Waals surface area contributed by atoms with Crippen molar-refractivity contribution < 1.29 is 4.42 Å². The van der Waals surface area contributed by atoms with Crippen molar-refractivity contribution in [2.45, 2.75) is 43.9 Å². The van der Waals surface area contributed by atoms with Crippen LogP contribution in [0.25, 0.3) is 0 Å². The molecule has 4 heteroatoms. The number of nitrogens with one attached hydrogen (secondary N) is 1. The fraction of sp³-hybridized carbons (Fsp3) is 0.667. The van der Waals surface area contributed by atoms with Crippen LogP contribution < -0.4 is 5.32 Å². The first kappa shape index (κ1) is 14.5. The summed E-state index contributed by atoms with van der Waals surface area (Å²) in [5.74, 6) is 3.57. The Kier molecular flexibility index (Phi) is 5.35. The molecule has 1 aliphatic carbocycles. The molecule has 104 valence electrons. The minimum atomic E-state index is -0.264. The first-order valence-electron chi connectivity index (χ1n) is 7.07. The molecule has 1 aromatic rings. The molecule has 19 heavy (non-hydrogen) atoms. The number of rotatable bonds is 7. The maximum Gasteiger partial charge on any atom is 0.113 e. The van der Waals surface area contributed by atoms with Crippen LogP contribution in [0.15, 0.2) is 22.8 Å². The Balaban J connectivity index is 1.77. The van der Waals surface area contributed by atoms with Gasteiger partial charge in [0.05, 0.1) is 18.1 Å². The van der Waals surface area contributed by atoms with E-state index in [0.717, 1.165) is 36.7 Å². The highest BCUT2D eigenvalue weighted by Crippen LogP contribution is 2.38. The normalized spacial score (nSPS) is 26.4. The third-order valence-corrected chi connectivity index (χ3v) is 4.96. The van der Waals surface area contributed by atoms with Crippen LogP contribution in [0.1, 0.15) is 38.4 Å². The van der Waals surface area contributed by atoms with E-state index in [0.29, 0.717) is 5.92 Å². The van der Waals surface area contributed by atoms with E-state index in [1.165, 1.54) is 12.8 Å². The summed E-state index contributed by atoms with van der Waals surface area (Å²) in [5.41, 5.74) is -0.264. The number of furan rings is 1. The SMILES string of the molecule is CCNC1(C#N)CCCC1CCSCc1ccco1. The summed E-state index contributed by atoms with van der Waals surface area (Å²) in [7, 11) is 0. The molecule has 2 rings (SSSR count). The lowest BCUT2D eigenvalue weighted by Gasteiger charge is -2.29. The zero-order valence-electron chi connectivity index (χ0n) is 11.5. The molecule has 1 heterocycles. The molecule has 0 radical (unpaired) electrons. The van der Waals surface area contributed by atoms with Crippen molar-refractivity contribution in [3.05, 3.63) is 24.2 Å². The van der Waals surface area contributed by atoms with Crippen molar-refractivity contribution in [2.24, 2.45) is 5.92 Å². The van der Waals surface area contributed by atoms with Crippen molar-refractivity contribution in [2.75, 3.05) is 12.3 Å². The van der Waals surface area contributed by atoms with Gasteiger partial charge in [-0.3, -0.25) is 5.32 Å². The molecule has 2 unspecified atom stereocenters. The maximum absolute atomic E-state index is 9.49. The van der Waals surface area contributed by atoms with E-state index in [1.54, 1.807) is 6.26 Å². The lowest BCUT2D eigenvalue weighted by Crippen LogP contribution is -2.47. The van der Waals surface area contributed by atoms with Crippen molar-refractivity contribution in [3.8, 4) is 6.07 Å². The van der Waals surface area contributed by atoms with Gasteiger partial charge in [-0.15, -0.1) is 0 Å². The number of nitriles is 1. The van der Waals surface area contributed by atoms with Crippen LogP contribution in [0, 0.1) is 17.2 Å². The average molecular weight is 278 g/mol. The first-order valence-corrected chi connectivity index (χ1v) is 8.22. The van der Waals surface area contributed by atoms with Crippen molar-refractivity contribution in [3.63, 3.8) is 0 Å². The predicted molar refractivity (Wildman–Crippen MR) is 78.8 cm³/mol. The van der Waals surface area contributed by atoms with E-state index in [9.17, 15) is 5.26 Å². The summed E-state index contributed by atoms with van der Waals surface area (Å²) in [6.07, 6.45) is 6.20. The zero-order valence-corrected chi connectivity index (χ0v) is 12.3. The second kappa shape index (κ2) is 7.02. The lowest BCUT2D eigenvalue weighted by molar-refractivity contribution is 0.317. The van der Waals surface area contributed by atoms with Crippen LogP contribution in [-0.2, 0) is 5.75 Å².